The molecule has 6 nitrogen and oxygen atoms in total. The largest absolute Gasteiger partial charge is 0.355 e. The number of likely N-dealkylation sites (tertiary alicyclic amines) is 1. The number of fused-ring (bicyclic) bond motifs is 1. The van der Waals surface area contributed by atoms with E-state index in [1.165, 1.54) is 17.8 Å². The molecule has 2 aromatic rings. The fraction of sp³-hybridized carbons (Fsp3) is 0.650. The summed E-state index contributed by atoms with van der Waals surface area (Å²) in [5.41, 5.74) is 0.889. The number of amides is 1. The summed E-state index contributed by atoms with van der Waals surface area (Å²) in [7, 11) is 0. The van der Waals surface area contributed by atoms with Crippen molar-refractivity contribution < 1.29 is 4.79 Å². The topological polar surface area (TPSA) is 78.1 Å². The summed E-state index contributed by atoms with van der Waals surface area (Å²) < 4.78 is 0. The van der Waals surface area contributed by atoms with E-state index in [0.717, 1.165) is 46.7 Å². The Bertz CT molecular complexity index is 863. The SMILES string of the molecule is Cc1sc2nc(CCC(=O)NCCN3CC(C)CC(C)C3)[nH]c(=O)c2c1C. The van der Waals surface area contributed by atoms with Gasteiger partial charge >= 0.3 is 0 Å². The average molecular weight is 391 g/mol. The lowest BCUT2D eigenvalue weighted by Crippen LogP contribution is -2.42. The van der Waals surface area contributed by atoms with Crippen LogP contribution in [0.2, 0.25) is 0 Å². The monoisotopic (exact) mass is 390 g/mol. The summed E-state index contributed by atoms with van der Waals surface area (Å²) in [5.74, 6) is 2.05. The van der Waals surface area contributed by atoms with Gasteiger partial charge in [-0.3, -0.25) is 9.59 Å². The molecular formula is C20H30N4O2S. The van der Waals surface area contributed by atoms with E-state index in [4.69, 9.17) is 0 Å². The number of aromatic nitrogens is 2. The van der Waals surface area contributed by atoms with E-state index in [2.05, 4.69) is 34.0 Å². The zero-order valence-electron chi connectivity index (χ0n) is 16.7. The number of nitrogens with zero attached hydrogens (tertiary/aromatic N) is 2. The van der Waals surface area contributed by atoms with Crippen molar-refractivity contribution in [1.82, 2.24) is 20.2 Å². The van der Waals surface area contributed by atoms with Crippen LogP contribution in [0.4, 0.5) is 0 Å². The summed E-state index contributed by atoms with van der Waals surface area (Å²) in [6, 6.07) is 0. The molecule has 0 saturated carbocycles. The van der Waals surface area contributed by atoms with Crippen LogP contribution in [0.3, 0.4) is 0 Å². The zero-order chi connectivity index (χ0) is 19.6. The second-order valence-electron chi connectivity index (χ2n) is 8.03. The van der Waals surface area contributed by atoms with E-state index in [1.807, 2.05) is 13.8 Å². The minimum absolute atomic E-state index is 0.00870. The van der Waals surface area contributed by atoms with Gasteiger partial charge in [-0.1, -0.05) is 13.8 Å². The van der Waals surface area contributed by atoms with Crippen molar-refractivity contribution >= 4 is 27.5 Å². The van der Waals surface area contributed by atoms with E-state index in [-0.39, 0.29) is 11.5 Å². The predicted molar refractivity (Wildman–Crippen MR) is 110 cm³/mol. The summed E-state index contributed by atoms with van der Waals surface area (Å²) in [4.78, 5) is 36.1. The van der Waals surface area contributed by atoms with Crippen LogP contribution < -0.4 is 10.9 Å². The molecule has 3 rings (SSSR count). The molecule has 1 aliphatic heterocycles. The first kappa shape index (κ1) is 20.0. The molecule has 2 N–H and O–H groups in total. The lowest BCUT2D eigenvalue weighted by Gasteiger charge is -2.34. The van der Waals surface area contributed by atoms with Crippen LogP contribution in [0.15, 0.2) is 4.79 Å². The molecule has 148 valence electrons. The van der Waals surface area contributed by atoms with Crippen molar-refractivity contribution in [3.05, 3.63) is 26.6 Å². The number of aryl methyl sites for hydroxylation is 3. The molecule has 1 saturated heterocycles. The molecule has 1 aliphatic rings. The first-order valence-corrected chi connectivity index (χ1v) is 10.6. The van der Waals surface area contributed by atoms with Crippen molar-refractivity contribution in [3.63, 3.8) is 0 Å². The van der Waals surface area contributed by atoms with Crippen LogP contribution in [-0.4, -0.2) is 47.0 Å². The molecule has 0 aromatic carbocycles. The third-order valence-electron chi connectivity index (χ3n) is 5.37. The van der Waals surface area contributed by atoms with Crippen molar-refractivity contribution in [3.8, 4) is 0 Å². The Hall–Kier alpha value is -1.73. The highest BCUT2D eigenvalue weighted by atomic mass is 32.1. The Kier molecular flexibility index (Phi) is 6.32. The van der Waals surface area contributed by atoms with Crippen LogP contribution in [-0.2, 0) is 11.2 Å². The highest BCUT2D eigenvalue weighted by Crippen LogP contribution is 2.25. The summed E-state index contributed by atoms with van der Waals surface area (Å²) in [6.07, 6.45) is 2.08. The molecule has 1 amide bonds. The Morgan fingerprint density at radius 3 is 2.70 bits per heavy atom. The number of aromatic amines is 1. The number of hydrogen-bond donors (Lipinski definition) is 2. The molecule has 27 heavy (non-hydrogen) atoms. The van der Waals surface area contributed by atoms with Crippen LogP contribution in [0.25, 0.3) is 10.2 Å². The quantitative estimate of drug-likeness (QED) is 0.795. The Labute approximate surface area is 164 Å². The number of thiophene rings is 1. The van der Waals surface area contributed by atoms with Crippen molar-refractivity contribution in [2.24, 2.45) is 11.8 Å². The molecule has 0 radical (unpaired) electrons. The smallest absolute Gasteiger partial charge is 0.259 e. The Balaban J connectivity index is 1.48. The van der Waals surface area contributed by atoms with Gasteiger partial charge in [0.05, 0.1) is 5.39 Å². The first-order chi connectivity index (χ1) is 12.8. The van der Waals surface area contributed by atoms with Gasteiger partial charge in [0, 0.05) is 43.9 Å². The maximum atomic E-state index is 12.3. The van der Waals surface area contributed by atoms with Crippen molar-refractivity contribution in [1.29, 1.82) is 0 Å². The van der Waals surface area contributed by atoms with Gasteiger partial charge in [-0.25, -0.2) is 4.98 Å². The normalized spacial score (nSPS) is 20.9. The van der Waals surface area contributed by atoms with Gasteiger partial charge in [0.15, 0.2) is 0 Å². The number of piperidine rings is 1. The second kappa shape index (κ2) is 8.52. The summed E-state index contributed by atoms with van der Waals surface area (Å²) >= 11 is 1.53. The van der Waals surface area contributed by atoms with E-state index >= 15 is 0 Å². The molecule has 0 spiro atoms. The highest BCUT2D eigenvalue weighted by molar-refractivity contribution is 7.18. The maximum absolute atomic E-state index is 12.3. The molecule has 2 unspecified atom stereocenters. The molecule has 2 aromatic heterocycles. The molecule has 0 aliphatic carbocycles. The Morgan fingerprint density at radius 2 is 2.00 bits per heavy atom. The molecule has 2 atom stereocenters. The van der Waals surface area contributed by atoms with Gasteiger partial charge in [0.25, 0.3) is 5.56 Å². The van der Waals surface area contributed by atoms with E-state index in [1.54, 1.807) is 0 Å². The number of nitrogens with one attached hydrogen (secondary N) is 2. The number of H-pyrrole nitrogens is 1. The highest BCUT2D eigenvalue weighted by Gasteiger charge is 2.21. The second-order valence-corrected chi connectivity index (χ2v) is 9.23. The minimum Gasteiger partial charge on any atom is -0.355 e. The predicted octanol–water partition coefficient (Wildman–Crippen LogP) is 2.63. The van der Waals surface area contributed by atoms with Gasteiger partial charge in [-0.15, -0.1) is 11.3 Å². The number of hydrogen-bond acceptors (Lipinski definition) is 5. The van der Waals surface area contributed by atoms with Crippen LogP contribution in [0, 0.1) is 25.7 Å². The lowest BCUT2D eigenvalue weighted by atomic mass is 9.92. The van der Waals surface area contributed by atoms with Gasteiger partial charge in [0.1, 0.15) is 10.7 Å². The zero-order valence-corrected chi connectivity index (χ0v) is 17.5. The molecule has 7 heteroatoms. The number of carbonyl (C=O) groups is 1. The van der Waals surface area contributed by atoms with Crippen LogP contribution in [0.1, 0.15) is 43.0 Å². The van der Waals surface area contributed by atoms with Gasteiger partial charge in [0.2, 0.25) is 5.91 Å². The lowest BCUT2D eigenvalue weighted by molar-refractivity contribution is -0.121. The number of rotatable bonds is 6. The molecule has 3 heterocycles. The van der Waals surface area contributed by atoms with Crippen molar-refractivity contribution in [2.75, 3.05) is 26.2 Å². The minimum atomic E-state index is -0.106. The number of carbonyl (C=O) groups excluding carboxylic acids is 1. The molecular weight excluding hydrogens is 360 g/mol. The van der Waals surface area contributed by atoms with E-state index in [9.17, 15) is 9.59 Å². The Morgan fingerprint density at radius 1 is 1.30 bits per heavy atom. The molecule has 1 fully saturated rings. The first-order valence-electron chi connectivity index (χ1n) is 9.81. The third-order valence-corrected chi connectivity index (χ3v) is 6.47. The standard InChI is InChI=1S/C20H30N4O2S/c1-12-9-13(2)11-24(10-12)8-7-21-17(25)6-5-16-22-19(26)18-14(3)15(4)27-20(18)23-16/h12-13H,5-11H2,1-4H3,(H,21,25)(H,22,23,26). The van der Waals surface area contributed by atoms with E-state index < -0.39 is 0 Å². The maximum Gasteiger partial charge on any atom is 0.259 e. The summed E-state index contributed by atoms with van der Waals surface area (Å²) in [6.45, 7) is 12.3. The van der Waals surface area contributed by atoms with Crippen LogP contribution >= 0.6 is 11.3 Å². The fourth-order valence-corrected chi connectivity index (χ4v) is 5.11. The summed E-state index contributed by atoms with van der Waals surface area (Å²) in [5, 5.41) is 3.67. The van der Waals surface area contributed by atoms with Gasteiger partial charge < -0.3 is 15.2 Å². The van der Waals surface area contributed by atoms with Gasteiger partial charge in [-0.05, 0) is 37.7 Å². The van der Waals surface area contributed by atoms with E-state index in [0.29, 0.717) is 30.6 Å². The van der Waals surface area contributed by atoms with Crippen molar-refractivity contribution in [2.45, 2.75) is 47.0 Å². The average Bonchev–Trinajstić information content (AvgIpc) is 2.87. The van der Waals surface area contributed by atoms with Gasteiger partial charge in [-0.2, -0.15) is 0 Å². The molecule has 0 bridgehead atoms. The third kappa shape index (κ3) is 4.96. The fourth-order valence-electron chi connectivity index (χ4n) is 4.07. The van der Waals surface area contributed by atoms with Crippen LogP contribution in [0.5, 0.6) is 0 Å².